The molecular weight excluding hydrogens is 173 g/mol. The Bertz CT molecular complexity index is 186. The average Bonchev–Trinajstić information content (AvgIpc) is 2.08. The van der Waals surface area contributed by atoms with Crippen LogP contribution in [-0.4, -0.2) is 23.3 Å². The first kappa shape index (κ1) is 10.4. The summed E-state index contributed by atoms with van der Waals surface area (Å²) in [5, 5.41) is 8.55. The molecule has 0 radical (unpaired) electrons. The molecule has 0 amide bonds. The Labute approximate surface area is 77.1 Å². The summed E-state index contributed by atoms with van der Waals surface area (Å²) in [5.41, 5.74) is 5.34. The second-order valence-corrected chi connectivity index (χ2v) is 3.74. The van der Waals surface area contributed by atoms with E-state index in [-0.39, 0.29) is 12.3 Å². The van der Waals surface area contributed by atoms with Crippen LogP contribution in [0.5, 0.6) is 0 Å². The van der Waals surface area contributed by atoms with Crippen LogP contribution >= 0.6 is 0 Å². The average molecular weight is 189 g/mol. The number of nitrogens with two attached hydrogens (primary N) is 1. The highest BCUT2D eigenvalue weighted by molar-refractivity contribution is 5.73. The summed E-state index contributed by atoms with van der Waals surface area (Å²) in [6.45, 7) is 0. The number of halogens is 1. The predicted molar refractivity (Wildman–Crippen MR) is 47.1 cm³/mol. The van der Waals surface area contributed by atoms with E-state index < -0.39 is 18.2 Å². The lowest BCUT2D eigenvalue weighted by atomic mass is 9.83. The third-order valence-corrected chi connectivity index (χ3v) is 2.69. The fourth-order valence-electron chi connectivity index (χ4n) is 1.85. The van der Waals surface area contributed by atoms with Crippen molar-refractivity contribution in [1.29, 1.82) is 0 Å². The minimum atomic E-state index is -1.03. The zero-order valence-corrected chi connectivity index (χ0v) is 7.58. The molecule has 4 heteroatoms. The SMILES string of the molecule is NC(CC1CCCCC1F)C(=O)O. The highest BCUT2D eigenvalue weighted by Gasteiger charge is 2.28. The van der Waals surface area contributed by atoms with Crippen molar-refractivity contribution < 1.29 is 14.3 Å². The van der Waals surface area contributed by atoms with Crippen LogP contribution in [-0.2, 0) is 4.79 Å². The summed E-state index contributed by atoms with van der Waals surface area (Å²) in [7, 11) is 0. The lowest BCUT2D eigenvalue weighted by Crippen LogP contribution is -2.35. The Morgan fingerprint density at radius 1 is 1.54 bits per heavy atom. The number of hydrogen-bond donors (Lipinski definition) is 2. The fraction of sp³-hybridized carbons (Fsp3) is 0.889. The molecule has 0 spiro atoms. The number of carboxylic acid groups (broad SMARTS) is 1. The molecule has 1 fully saturated rings. The first-order chi connectivity index (χ1) is 6.11. The zero-order chi connectivity index (χ0) is 9.84. The maximum absolute atomic E-state index is 13.2. The molecule has 1 saturated carbocycles. The van der Waals surface area contributed by atoms with Gasteiger partial charge in [-0.25, -0.2) is 4.39 Å². The van der Waals surface area contributed by atoms with E-state index in [0.29, 0.717) is 6.42 Å². The smallest absolute Gasteiger partial charge is 0.320 e. The summed E-state index contributed by atoms with van der Waals surface area (Å²) in [4.78, 5) is 10.4. The van der Waals surface area contributed by atoms with Gasteiger partial charge in [0, 0.05) is 0 Å². The van der Waals surface area contributed by atoms with Crippen molar-refractivity contribution in [3.63, 3.8) is 0 Å². The van der Waals surface area contributed by atoms with Gasteiger partial charge in [0.2, 0.25) is 0 Å². The first-order valence-corrected chi connectivity index (χ1v) is 4.73. The topological polar surface area (TPSA) is 63.3 Å². The maximum atomic E-state index is 13.2. The zero-order valence-electron chi connectivity index (χ0n) is 7.58. The lowest BCUT2D eigenvalue weighted by Gasteiger charge is -2.26. The van der Waals surface area contributed by atoms with Gasteiger partial charge in [-0.3, -0.25) is 4.79 Å². The molecule has 0 bridgehead atoms. The van der Waals surface area contributed by atoms with E-state index in [9.17, 15) is 9.18 Å². The number of hydrogen-bond acceptors (Lipinski definition) is 2. The van der Waals surface area contributed by atoms with Crippen molar-refractivity contribution in [3.05, 3.63) is 0 Å². The molecule has 1 aliphatic rings. The largest absolute Gasteiger partial charge is 0.480 e. The Morgan fingerprint density at radius 2 is 2.15 bits per heavy atom. The number of alkyl halides is 1. The Morgan fingerprint density at radius 3 is 2.69 bits per heavy atom. The molecule has 3 N–H and O–H groups in total. The highest BCUT2D eigenvalue weighted by Crippen LogP contribution is 2.29. The minimum absolute atomic E-state index is 0.139. The van der Waals surface area contributed by atoms with E-state index >= 15 is 0 Å². The van der Waals surface area contributed by atoms with Gasteiger partial charge in [0.25, 0.3) is 0 Å². The summed E-state index contributed by atoms with van der Waals surface area (Å²) in [6, 6.07) is -0.902. The molecule has 76 valence electrons. The molecule has 0 aromatic heterocycles. The van der Waals surface area contributed by atoms with Crippen molar-refractivity contribution in [1.82, 2.24) is 0 Å². The first-order valence-electron chi connectivity index (χ1n) is 4.73. The van der Waals surface area contributed by atoms with Gasteiger partial charge in [0.1, 0.15) is 12.2 Å². The predicted octanol–water partition coefficient (Wildman–Crippen LogP) is 1.32. The van der Waals surface area contributed by atoms with Crippen molar-refractivity contribution >= 4 is 5.97 Å². The van der Waals surface area contributed by atoms with Crippen LogP contribution in [0.4, 0.5) is 4.39 Å². The molecule has 13 heavy (non-hydrogen) atoms. The van der Waals surface area contributed by atoms with Crippen LogP contribution in [0.2, 0.25) is 0 Å². The molecule has 1 aliphatic carbocycles. The Hall–Kier alpha value is -0.640. The fourth-order valence-corrected chi connectivity index (χ4v) is 1.85. The monoisotopic (exact) mass is 189 g/mol. The van der Waals surface area contributed by atoms with Gasteiger partial charge in [0.15, 0.2) is 0 Å². The quantitative estimate of drug-likeness (QED) is 0.703. The highest BCUT2D eigenvalue weighted by atomic mass is 19.1. The van der Waals surface area contributed by atoms with E-state index in [1.807, 2.05) is 0 Å². The minimum Gasteiger partial charge on any atom is -0.480 e. The number of aliphatic carboxylic acids is 1. The Kier molecular flexibility index (Phi) is 3.66. The van der Waals surface area contributed by atoms with Gasteiger partial charge < -0.3 is 10.8 Å². The van der Waals surface area contributed by atoms with Crippen LogP contribution < -0.4 is 5.73 Å². The molecule has 0 aromatic rings. The van der Waals surface area contributed by atoms with Gasteiger partial charge in [0.05, 0.1) is 0 Å². The van der Waals surface area contributed by atoms with Gasteiger partial charge in [-0.15, -0.1) is 0 Å². The maximum Gasteiger partial charge on any atom is 0.320 e. The van der Waals surface area contributed by atoms with Crippen LogP contribution in [0.1, 0.15) is 32.1 Å². The summed E-state index contributed by atoms with van der Waals surface area (Å²) in [5.74, 6) is -1.17. The van der Waals surface area contributed by atoms with Gasteiger partial charge in [-0.1, -0.05) is 12.8 Å². The van der Waals surface area contributed by atoms with Crippen LogP contribution in [0.25, 0.3) is 0 Å². The third kappa shape index (κ3) is 2.95. The number of rotatable bonds is 3. The second kappa shape index (κ2) is 4.56. The standard InChI is InChI=1S/C9H16FNO2/c10-7-4-2-1-3-6(7)5-8(11)9(12)13/h6-8H,1-5,11H2,(H,12,13). The Balaban J connectivity index is 2.37. The van der Waals surface area contributed by atoms with Crippen molar-refractivity contribution in [2.75, 3.05) is 0 Å². The molecule has 0 saturated heterocycles. The van der Waals surface area contributed by atoms with Crippen molar-refractivity contribution in [2.24, 2.45) is 11.7 Å². The normalized spacial score (nSPS) is 31.2. The van der Waals surface area contributed by atoms with E-state index in [4.69, 9.17) is 10.8 Å². The summed E-state index contributed by atoms with van der Waals surface area (Å²) in [6.07, 6.45) is 2.69. The van der Waals surface area contributed by atoms with Crippen LogP contribution in [0.15, 0.2) is 0 Å². The molecule has 3 unspecified atom stereocenters. The molecule has 1 rings (SSSR count). The van der Waals surface area contributed by atoms with Crippen LogP contribution in [0, 0.1) is 5.92 Å². The number of carboxylic acids is 1. The van der Waals surface area contributed by atoms with Crippen molar-refractivity contribution in [2.45, 2.75) is 44.3 Å². The van der Waals surface area contributed by atoms with Gasteiger partial charge in [-0.05, 0) is 25.2 Å². The second-order valence-electron chi connectivity index (χ2n) is 3.74. The van der Waals surface area contributed by atoms with Crippen LogP contribution in [0.3, 0.4) is 0 Å². The van der Waals surface area contributed by atoms with E-state index in [1.165, 1.54) is 0 Å². The summed E-state index contributed by atoms with van der Waals surface area (Å²) < 4.78 is 13.2. The molecule has 0 aromatic carbocycles. The molecule has 0 heterocycles. The van der Waals surface area contributed by atoms with Crippen molar-refractivity contribution in [3.8, 4) is 0 Å². The molecule has 3 atom stereocenters. The summed E-state index contributed by atoms with van der Waals surface area (Å²) >= 11 is 0. The molecule has 0 aliphatic heterocycles. The lowest BCUT2D eigenvalue weighted by molar-refractivity contribution is -0.139. The van der Waals surface area contributed by atoms with E-state index in [1.54, 1.807) is 0 Å². The molecular formula is C9H16FNO2. The van der Waals surface area contributed by atoms with E-state index in [0.717, 1.165) is 19.3 Å². The third-order valence-electron chi connectivity index (χ3n) is 2.69. The number of carbonyl (C=O) groups is 1. The van der Waals surface area contributed by atoms with E-state index in [2.05, 4.69) is 0 Å². The molecule has 3 nitrogen and oxygen atoms in total. The van der Waals surface area contributed by atoms with Gasteiger partial charge >= 0.3 is 5.97 Å². The van der Waals surface area contributed by atoms with Gasteiger partial charge in [-0.2, -0.15) is 0 Å².